The molecule has 31 heavy (non-hydrogen) atoms. The molecule has 158 valence electrons. The molecular weight excluding hydrogens is 408 g/mol. The fourth-order valence-electron chi connectivity index (χ4n) is 4.64. The number of benzene rings is 2. The number of fused-ring (bicyclic) bond motifs is 1. The van der Waals surface area contributed by atoms with Crippen LogP contribution in [0.1, 0.15) is 39.5 Å². The zero-order valence-electron chi connectivity index (χ0n) is 17.4. The van der Waals surface area contributed by atoms with Crippen molar-refractivity contribution in [1.82, 2.24) is 9.97 Å². The van der Waals surface area contributed by atoms with Crippen molar-refractivity contribution < 1.29 is 9.69 Å². The molecule has 3 aromatic rings. The van der Waals surface area contributed by atoms with Gasteiger partial charge < -0.3 is 9.80 Å². The number of hydrogen-bond acceptors (Lipinski definition) is 4. The molecule has 5 nitrogen and oxygen atoms in total. The van der Waals surface area contributed by atoms with Gasteiger partial charge in [-0.2, -0.15) is 0 Å². The number of anilines is 1. The van der Waals surface area contributed by atoms with Crippen molar-refractivity contribution in [3.8, 4) is 0 Å². The number of nitrogens with one attached hydrogen (secondary N) is 1. The average molecular weight is 434 g/mol. The smallest absolute Gasteiger partial charge is 0.225 e. The number of rotatable bonds is 4. The van der Waals surface area contributed by atoms with Gasteiger partial charge in [-0.1, -0.05) is 54.1 Å². The molecule has 2 heterocycles. The van der Waals surface area contributed by atoms with Crippen LogP contribution in [0.15, 0.2) is 60.8 Å². The fourth-order valence-corrected chi connectivity index (χ4v) is 4.77. The second-order valence-corrected chi connectivity index (χ2v) is 8.95. The van der Waals surface area contributed by atoms with Gasteiger partial charge in [0.2, 0.25) is 5.95 Å². The molecule has 1 aromatic heterocycles. The molecule has 1 fully saturated rings. The van der Waals surface area contributed by atoms with Gasteiger partial charge in [0.1, 0.15) is 6.54 Å². The molecule has 0 unspecified atom stereocenters. The molecule has 1 aliphatic heterocycles. The zero-order chi connectivity index (χ0) is 21.2. The van der Waals surface area contributed by atoms with Crippen LogP contribution in [0, 0.1) is 0 Å². The maximum absolute atomic E-state index is 12.7. The van der Waals surface area contributed by atoms with E-state index in [4.69, 9.17) is 16.6 Å². The molecule has 0 bridgehead atoms. The van der Waals surface area contributed by atoms with E-state index in [0.29, 0.717) is 17.0 Å². The van der Waals surface area contributed by atoms with Crippen LogP contribution in [0.3, 0.4) is 0 Å². The summed E-state index contributed by atoms with van der Waals surface area (Å²) in [6.07, 6.45) is 3.00. The number of quaternary nitrogens is 1. The molecule has 2 aliphatic rings. The van der Waals surface area contributed by atoms with Gasteiger partial charge in [-0.25, -0.2) is 9.97 Å². The van der Waals surface area contributed by atoms with Crippen LogP contribution in [-0.2, 0) is 13.0 Å². The third-order valence-electron chi connectivity index (χ3n) is 6.42. The third kappa shape index (κ3) is 4.48. The lowest BCUT2D eigenvalue weighted by molar-refractivity contribution is -0.914. The molecule has 5 rings (SSSR count). The lowest BCUT2D eigenvalue weighted by Gasteiger charge is -2.33. The average Bonchev–Trinajstić information content (AvgIpc) is 2.80. The minimum absolute atomic E-state index is 0.130. The first-order valence-electron chi connectivity index (χ1n) is 10.9. The summed E-state index contributed by atoms with van der Waals surface area (Å²) in [7, 11) is 0. The van der Waals surface area contributed by atoms with Gasteiger partial charge in [0.15, 0.2) is 5.78 Å². The Morgan fingerprint density at radius 3 is 2.48 bits per heavy atom. The Bertz CT molecular complexity index is 1060. The van der Waals surface area contributed by atoms with E-state index < -0.39 is 0 Å². The third-order valence-corrected chi connectivity index (χ3v) is 6.67. The van der Waals surface area contributed by atoms with Gasteiger partial charge >= 0.3 is 0 Å². The predicted molar refractivity (Wildman–Crippen MR) is 122 cm³/mol. The Morgan fingerprint density at radius 1 is 1.00 bits per heavy atom. The lowest BCUT2D eigenvalue weighted by atomic mass is 9.82. The van der Waals surface area contributed by atoms with Crippen molar-refractivity contribution >= 4 is 23.3 Å². The summed E-state index contributed by atoms with van der Waals surface area (Å²) in [5, 5.41) is 0.712. The number of Topliss-reactive ketones (excluding diaryl/α,β-unsaturated/α-hetero) is 1. The highest BCUT2D eigenvalue weighted by Gasteiger charge is 2.29. The first-order chi connectivity index (χ1) is 15.2. The monoisotopic (exact) mass is 433 g/mol. The van der Waals surface area contributed by atoms with Gasteiger partial charge in [-0.05, 0) is 30.0 Å². The maximum atomic E-state index is 12.7. The van der Waals surface area contributed by atoms with Crippen molar-refractivity contribution in [2.45, 2.75) is 25.3 Å². The highest BCUT2D eigenvalue weighted by atomic mass is 35.5. The zero-order valence-corrected chi connectivity index (χ0v) is 18.2. The molecule has 1 N–H and O–H groups in total. The van der Waals surface area contributed by atoms with Crippen molar-refractivity contribution in [2.75, 3.05) is 31.1 Å². The molecule has 0 saturated carbocycles. The van der Waals surface area contributed by atoms with E-state index in [0.717, 1.165) is 56.4 Å². The number of piperazine rings is 1. The van der Waals surface area contributed by atoms with E-state index in [1.165, 1.54) is 5.56 Å². The molecule has 0 amide bonds. The Labute approximate surface area is 187 Å². The Hall–Kier alpha value is -2.76. The summed E-state index contributed by atoms with van der Waals surface area (Å²) in [5.41, 5.74) is 4.08. The van der Waals surface area contributed by atoms with E-state index >= 15 is 0 Å². The van der Waals surface area contributed by atoms with Gasteiger partial charge in [0.05, 0.1) is 37.4 Å². The predicted octanol–water partition coefficient (Wildman–Crippen LogP) is 2.95. The number of carbonyl (C=O) groups is 1. The van der Waals surface area contributed by atoms with Crippen LogP contribution in [0.2, 0.25) is 5.02 Å². The molecule has 1 aliphatic carbocycles. The quantitative estimate of drug-likeness (QED) is 0.687. The number of halogens is 1. The lowest BCUT2D eigenvalue weighted by Crippen LogP contribution is -3.13. The van der Waals surface area contributed by atoms with E-state index in [-0.39, 0.29) is 11.7 Å². The molecule has 1 saturated heterocycles. The number of aromatic nitrogens is 2. The second-order valence-electron chi connectivity index (χ2n) is 8.51. The van der Waals surface area contributed by atoms with Crippen molar-refractivity contribution in [3.05, 3.63) is 88.2 Å². The molecule has 6 heteroatoms. The van der Waals surface area contributed by atoms with E-state index in [2.05, 4.69) is 40.2 Å². The number of carbonyl (C=O) groups excluding carboxylic acids is 1. The summed E-state index contributed by atoms with van der Waals surface area (Å²) >= 11 is 6.03. The highest BCUT2D eigenvalue weighted by Crippen LogP contribution is 2.32. The highest BCUT2D eigenvalue weighted by molar-refractivity contribution is 6.30. The van der Waals surface area contributed by atoms with E-state index in [1.807, 2.05) is 24.3 Å². The van der Waals surface area contributed by atoms with Crippen molar-refractivity contribution in [3.63, 3.8) is 0 Å². The van der Waals surface area contributed by atoms with Crippen LogP contribution in [-0.4, -0.2) is 41.9 Å². The van der Waals surface area contributed by atoms with Crippen molar-refractivity contribution in [1.29, 1.82) is 0 Å². The Balaban J connectivity index is 1.27. The molecule has 0 spiro atoms. The van der Waals surface area contributed by atoms with Gasteiger partial charge in [-0.15, -0.1) is 0 Å². The van der Waals surface area contributed by atoms with Gasteiger partial charge in [-0.3, -0.25) is 4.79 Å². The number of nitrogens with zero attached hydrogens (tertiary/aromatic N) is 3. The SMILES string of the molecule is O=C1C[C@H](c2ccc(Cl)cc2)Cc2nc(N3CC[NH+](Cc4ccccc4)CC3)ncc21. The fraction of sp³-hybridized carbons (Fsp3) is 0.320. The van der Waals surface area contributed by atoms with Gasteiger partial charge in [0, 0.05) is 23.2 Å². The topological polar surface area (TPSA) is 50.5 Å². The van der Waals surface area contributed by atoms with E-state index in [9.17, 15) is 4.79 Å². The minimum Gasteiger partial charge on any atom is -0.330 e. The van der Waals surface area contributed by atoms with E-state index in [1.54, 1.807) is 11.1 Å². The van der Waals surface area contributed by atoms with Crippen LogP contribution in [0.25, 0.3) is 0 Å². The van der Waals surface area contributed by atoms with Crippen LogP contribution in [0.4, 0.5) is 5.95 Å². The Morgan fingerprint density at radius 2 is 1.74 bits per heavy atom. The summed E-state index contributed by atoms with van der Waals surface area (Å²) in [4.78, 5) is 26.0. The number of hydrogen-bond donors (Lipinski definition) is 1. The largest absolute Gasteiger partial charge is 0.330 e. The number of ketones is 1. The normalized spacial score (nSPS) is 19.3. The molecule has 1 atom stereocenters. The Kier molecular flexibility index (Phi) is 5.70. The van der Waals surface area contributed by atoms with Crippen LogP contribution >= 0.6 is 11.6 Å². The van der Waals surface area contributed by atoms with Crippen LogP contribution < -0.4 is 9.80 Å². The minimum atomic E-state index is 0.130. The first-order valence-corrected chi connectivity index (χ1v) is 11.3. The molecule has 2 aromatic carbocycles. The summed E-state index contributed by atoms with van der Waals surface area (Å²) in [5.74, 6) is 1.03. The van der Waals surface area contributed by atoms with Crippen molar-refractivity contribution in [2.24, 2.45) is 0 Å². The maximum Gasteiger partial charge on any atom is 0.225 e. The molecular formula is C25H26ClN4O+. The summed E-state index contributed by atoms with van der Waals surface area (Å²) in [6, 6.07) is 18.5. The second kappa shape index (κ2) is 8.77. The summed E-state index contributed by atoms with van der Waals surface area (Å²) < 4.78 is 0. The first kappa shape index (κ1) is 20.2. The standard InChI is InChI=1S/C25H25ClN4O/c26-21-8-6-19(7-9-21)20-14-23-22(24(31)15-20)16-27-25(28-23)30-12-10-29(11-13-30)17-18-4-2-1-3-5-18/h1-9,16,20H,10-15,17H2/p+1/t20-/m1/s1. The van der Waals surface area contributed by atoms with Crippen LogP contribution in [0.5, 0.6) is 0 Å². The summed E-state index contributed by atoms with van der Waals surface area (Å²) in [6.45, 7) is 5.02. The molecule has 0 radical (unpaired) electrons. The van der Waals surface area contributed by atoms with Gasteiger partial charge in [0.25, 0.3) is 0 Å².